The number of carboxylic acid groups (broad SMARTS) is 1. The lowest BCUT2D eigenvalue weighted by molar-refractivity contribution is 0.0660. The van der Waals surface area contributed by atoms with E-state index < -0.39 is 5.97 Å². The molecule has 0 bridgehead atoms. The van der Waals surface area contributed by atoms with Crippen molar-refractivity contribution in [2.24, 2.45) is 0 Å². The molecule has 4 heteroatoms. The zero-order chi connectivity index (χ0) is 12.1. The van der Waals surface area contributed by atoms with Crippen molar-refractivity contribution in [2.45, 2.75) is 20.3 Å². The molecular weight excluding hydrogens is 228 g/mol. The number of aryl methyl sites for hydroxylation is 2. The highest BCUT2D eigenvalue weighted by atomic mass is 35.5. The first-order chi connectivity index (χ1) is 7.52. The van der Waals surface area contributed by atoms with Gasteiger partial charge in [0.1, 0.15) is 6.26 Å². The maximum absolute atomic E-state index is 10.8. The van der Waals surface area contributed by atoms with Crippen LogP contribution in [0.2, 0.25) is 5.02 Å². The third-order valence-corrected chi connectivity index (χ3v) is 2.21. The van der Waals surface area contributed by atoms with Gasteiger partial charge in [-0.3, -0.25) is 0 Å². The van der Waals surface area contributed by atoms with Gasteiger partial charge in [0.25, 0.3) is 0 Å². The van der Waals surface area contributed by atoms with E-state index in [-0.39, 0.29) is 5.76 Å². The third kappa shape index (κ3) is 3.59. The molecule has 1 N–H and O–H groups in total. The molecule has 0 radical (unpaired) electrons. The molecule has 0 aliphatic carbocycles. The molecule has 0 fully saturated rings. The summed E-state index contributed by atoms with van der Waals surface area (Å²) in [6, 6.07) is 5.11. The molecule has 16 heavy (non-hydrogen) atoms. The van der Waals surface area contributed by atoms with E-state index in [0.29, 0.717) is 5.02 Å². The summed E-state index contributed by atoms with van der Waals surface area (Å²) >= 11 is 5.87. The monoisotopic (exact) mass is 240 g/mol. The fourth-order valence-electron chi connectivity index (χ4n) is 1.26. The van der Waals surface area contributed by atoms with Crippen LogP contribution in [0.3, 0.4) is 0 Å². The van der Waals surface area contributed by atoms with Crippen LogP contribution in [-0.4, -0.2) is 11.1 Å². The molecule has 0 amide bonds. The Balaban J connectivity index is 3.50. The van der Waals surface area contributed by atoms with Gasteiger partial charge in [-0.25, -0.2) is 4.79 Å². The molecular formula is C12H13ClO3. The van der Waals surface area contributed by atoms with E-state index in [0.717, 1.165) is 17.5 Å². The summed E-state index contributed by atoms with van der Waals surface area (Å²) in [5.41, 5.74) is 1.83. The van der Waals surface area contributed by atoms with Crippen LogP contribution >= 0.6 is 11.6 Å². The van der Waals surface area contributed by atoms with Crippen molar-refractivity contribution in [3.63, 3.8) is 0 Å². The van der Waals surface area contributed by atoms with E-state index >= 15 is 0 Å². The average Bonchev–Trinajstić information content (AvgIpc) is 2.28. The Bertz CT molecular complexity index is 448. The lowest BCUT2D eigenvalue weighted by Gasteiger charge is -1.92. The zero-order valence-electron chi connectivity index (χ0n) is 9.16. The Kier molecular flexibility index (Phi) is 4.38. The van der Waals surface area contributed by atoms with Crippen molar-refractivity contribution in [1.29, 1.82) is 0 Å². The molecule has 0 atom stereocenters. The Morgan fingerprint density at radius 1 is 1.44 bits per heavy atom. The second kappa shape index (κ2) is 5.56. The fourth-order valence-corrected chi connectivity index (χ4v) is 1.45. The van der Waals surface area contributed by atoms with Gasteiger partial charge in [-0.1, -0.05) is 24.6 Å². The summed E-state index contributed by atoms with van der Waals surface area (Å²) in [4.78, 5) is 10.8. The van der Waals surface area contributed by atoms with E-state index in [1.54, 1.807) is 6.07 Å². The van der Waals surface area contributed by atoms with E-state index in [4.69, 9.17) is 21.1 Å². The van der Waals surface area contributed by atoms with Gasteiger partial charge in [0, 0.05) is 0 Å². The molecule has 1 aromatic rings. The molecule has 1 aromatic heterocycles. The first-order valence-corrected chi connectivity index (χ1v) is 5.27. The van der Waals surface area contributed by atoms with E-state index in [9.17, 15) is 4.79 Å². The summed E-state index contributed by atoms with van der Waals surface area (Å²) in [5, 5.41) is 9.23. The van der Waals surface area contributed by atoms with Crippen molar-refractivity contribution in [1.82, 2.24) is 0 Å². The first-order valence-electron chi connectivity index (χ1n) is 4.89. The van der Waals surface area contributed by atoms with E-state index in [1.807, 2.05) is 19.9 Å². The second-order valence-electron chi connectivity index (χ2n) is 3.40. The summed E-state index contributed by atoms with van der Waals surface area (Å²) in [6.45, 7) is 3.81. The number of halogens is 1. The number of aromatic carboxylic acids is 1. The Morgan fingerprint density at radius 3 is 2.69 bits per heavy atom. The molecule has 0 unspecified atom stereocenters. The van der Waals surface area contributed by atoms with Crippen molar-refractivity contribution < 1.29 is 14.3 Å². The number of carboxylic acids is 1. The SMILES string of the molecule is CCc1cc(C)cc(C(=O)O)occ(Cl)c1. The highest BCUT2D eigenvalue weighted by Gasteiger charge is 2.03. The van der Waals surface area contributed by atoms with Crippen LogP contribution in [0.15, 0.2) is 28.9 Å². The van der Waals surface area contributed by atoms with Crippen LogP contribution in [0.25, 0.3) is 0 Å². The molecule has 1 rings (SSSR count). The Morgan fingerprint density at radius 2 is 2.12 bits per heavy atom. The molecule has 0 spiro atoms. The van der Waals surface area contributed by atoms with Crippen LogP contribution in [0, 0.1) is 6.92 Å². The van der Waals surface area contributed by atoms with Crippen molar-refractivity contribution in [3.05, 3.63) is 46.4 Å². The summed E-state index contributed by atoms with van der Waals surface area (Å²) in [6.07, 6.45) is 2.04. The molecule has 0 saturated carbocycles. The van der Waals surface area contributed by atoms with Crippen LogP contribution in [0.1, 0.15) is 28.6 Å². The highest BCUT2D eigenvalue weighted by molar-refractivity contribution is 6.30. The molecule has 86 valence electrons. The normalized spacial score (nSPS) is 9.69. The number of carbonyl (C=O) groups is 1. The first kappa shape index (κ1) is 12.6. The largest absolute Gasteiger partial charge is 0.475 e. The van der Waals surface area contributed by atoms with Gasteiger partial charge >= 0.3 is 5.97 Å². The van der Waals surface area contributed by atoms with E-state index in [2.05, 4.69) is 0 Å². The smallest absolute Gasteiger partial charge is 0.371 e. The molecule has 0 aliphatic rings. The number of rotatable bonds is 2. The Hall–Kier alpha value is -1.48. The number of hydrogen-bond donors (Lipinski definition) is 1. The van der Waals surface area contributed by atoms with Gasteiger partial charge < -0.3 is 9.52 Å². The highest BCUT2D eigenvalue weighted by Crippen LogP contribution is 2.11. The summed E-state index contributed by atoms with van der Waals surface area (Å²) in [7, 11) is 0. The van der Waals surface area contributed by atoms with Crippen LogP contribution in [-0.2, 0) is 6.42 Å². The van der Waals surface area contributed by atoms with Crippen molar-refractivity contribution in [3.8, 4) is 0 Å². The van der Waals surface area contributed by atoms with Crippen LogP contribution in [0.5, 0.6) is 0 Å². The maximum Gasteiger partial charge on any atom is 0.371 e. The van der Waals surface area contributed by atoms with Gasteiger partial charge in [0.2, 0.25) is 5.76 Å². The van der Waals surface area contributed by atoms with Crippen molar-refractivity contribution in [2.75, 3.05) is 0 Å². The minimum Gasteiger partial charge on any atom is -0.475 e. The molecule has 0 saturated heterocycles. The molecule has 0 aromatic carbocycles. The zero-order valence-corrected chi connectivity index (χ0v) is 9.91. The quantitative estimate of drug-likeness (QED) is 0.859. The summed E-state index contributed by atoms with van der Waals surface area (Å²) < 4.78 is 4.98. The fraction of sp³-hybridized carbons (Fsp3) is 0.250. The van der Waals surface area contributed by atoms with E-state index in [1.165, 1.54) is 12.3 Å². The topological polar surface area (TPSA) is 50.4 Å². The predicted octanol–water partition coefficient (Wildman–Crippen LogP) is 3.63. The third-order valence-electron chi connectivity index (χ3n) is 2.01. The predicted molar refractivity (Wildman–Crippen MR) is 62.4 cm³/mol. The standard InChI is InChI=1S/C12H13ClO3/c1-3-9-4-8(2)5-11(12(14)15)16-7-10(13)6-9/h4-7H,3H2,1-2H3,(H,14,15). The number of hydrogen-bond acceptors (Lipinski definition) is 2. The van der Waals surface area contributed by atoms with Gasteiger partial charge in [-0.05, 0) is 36.6 Å². The van der Waals surface area contributed by atoms with Crippen LogP contribution in [0.4, 0.5) is 0 Å². The maximum atomic E-state index is 10.8. The minimum atomic E-state index is -1.12. The lowest BCUT2D eigenvalue weighted by atomic mass is 10.1. The van der Waals surface area contributed by atoms with Gasteiger partial charge in [0.05, 0.1) is 5.02 Å². The lowest BCUT2D eigenvalue weighted by Crippen LogP contribution is -1.93. The van der Waals surface area contributed by atoms with Crippen LogP contribution < -0.4 is 0 Å². The minimum absolute atomic E-state index is 0.141. The Labute approximate surface area is 99.0 Å². The molecule has 3 nitrogen and oxygen atoms in total. The van der Waals surface area contributed by atoms with Crippen molar-refractivity contribution >= 4 is 17.6 Å². The van der Waals surface area contributed by atoms with Gasteiger partial charge in [0.15, 0.2) is 0 Å². The summed E-state index contributed by atoms with van der Waals surface area (Å²) in [5.74, 6) is -1.26. The molecule has 1 heterocycles. The average molecular weight is 241 g/mol. The van der Waals surface area contributed by atoms with Gasteiger partial charge in [-0.15, -0.1) is 0 Å². The van der Waals surface area contributed by atoms with Gasteiger partial charge in [-0.2, -0.15) is 0 Å². The molecule has 0 aliphatic heterocycles. The second-order valence-corrected chi connectivity index (χ2v) is 3.83.